The van der Waals surface area contributed by atoms with Crippen LogP contribution in [0.2, 0.25) is 0 Å². The van der Waals surface area contributed by atoms with Crippen molar-refractivity contribution in [1.82, 2.24) is 5.32 Å². The predicted octanol–water partition coefficient (Wildman–Crippen LogP) is 0.649. The van der Waals surface area contributed by atoms with E-state index in [0.717, 1.165) is 13.0 Å². The molecule has 0 aromatic heterocycles. The molecule has 0 bridgehead atoms. The zero-order valence-corrected chi connectivity index (χ0v) is 7.17. The SMILES string of the molecule is CC(C)NCCCC(O)C#N. The standard InChI is InChI=1S/C8H16N2O/c1-7(2)10-5-3-4-8(11)6-9/h7-8,10-11H,3-5H2,1-2H3. The summed E-state index contributed by atoms with van der Waals surface area (Å²) in [5.74, 6) is 0. The molecular formula is C8H16N2O. The number of hydrogen-bond acceptors (Lipinski definition) is 3. The maximum atomic E-state index is 8.83. The van der Waals surface area contributed by atoms with Crippen molar-refractivity contribution in [1.29, 1.82) is 5.26 Å². The molecule has 3 nitrogen and oxygen atoms in total. The minimum absolute atomic E-state index is 0.481. The third-order valence-electron chi connectivity index (χ3n) is 1.36. The van der Waals surface area contributed by atoms with Crippen molar-refractivity contribution < 1.29 is 5.11 Å². The second-order valence-corrected chi connectivity index (χ2v) is 2.90. The van der Waals surface area contributed by atoms with Gasteiger partial charge in [-0.2, -0.15) is 5.26 Å². The van der Waals surface area contributed by atoms with Crippen molar-refractivity contribution >= 4 is 0 Å². The average Bonchev–Trinajstić information content (AvgIpc) is 1.97. The topological polar surface area (TPSA) is 56.0 Å². The maximum absolute atomic E-state index is 8.83. The Morgan fingerprint density at radius 3 is 2.64 bits per heavy atom. The number of aliphatic hydroxyl groups is 1. The largest absolute Gasteiger partial charge is 0.378 e. The maximum Gasteiger partial charge on any atom is 0.140 e. The fraction of sp³-hybridized carbons (Fsp3) is 0.875. The van der Waals surface area contributed by atoms with Gasteiger partial charge in [-0.1, -0.05) is 13.8 Å². The number of aliphatic hydroxyl groups excluding tert-OH is 1. The lowest BCUT2D eigenvalue weighted by atomic mass is 10.2. The second kappa shape index (κ2) is 6.14. The molecule has 2 N–H and O–H groups in total. The first kappa shape index (κ1) is 10.4. The number of hydrogen-bond donors (Lipinski definition) is 2. The summed E-state index contributed by atoms with van der Waals surface area (Å²) in [6.45, 7) is 5.01. The van der Waals surface area contributed by atoms with E-state index in [9.17, 15) is 0 Å². The summed E-state index contributed by atoms with van der Waals surface area (Å²) in [6.07, 6.45) is 0.632. The van der Waals surface area contributed by atoms with Crippen LogP contribution in [0, 0.1) is 11.3 Å². The molecule has 3 heteroatoms. The zero-order chi connectivity index (χ0) is 8.69. The van der Waals surface area contributed by atoms with E-state index in [1.54, 1.807) is 6.07 Å². The molecule has 0 aliphatic rings. The lowest BCUT2D eigenvalue weighted by Crippen LogP contribution is -2.24. The first-order chi connectivity index (χ1) is 5.16. The lowest BCUT2D eigenvalue weighted by Gasteiger charge is -2.07. The molecule has 0 saturated carbocycles. The van der Waals surface area contributed by atoms with Gasteiger partial charge in [0.2, 0.25) is 0 Å². The lowest BCUT2D eigenvalue weighted by molar-refractivity contribution is 0.215. The first-order valence-electron chi connectivity index (χ1n) is 3.98. The van der Waals surface area contributed by atoms with Crippen LogP contribution in [0.4, 0.5) is 0 Å². The monoisotopic (exact) mass is 156 g/mol. The molecule has 64 valence electrons. The van der Waals surface area contributed by atoms with Crippen LogP contribution < -0.4 is 5.32 Å². The van der Waals surface area contributed by atoms with Crippen LogP contribution in [-0.4, -0.2) is 23.8 Å². The van der Waals surface area contributed by atoms with E-state index < -0.39 is 6.10 Å². The van der Waals surface area contributed by atoms with E-state index in [1.165, 1.54) is 0 Å². The Kier molecular flexibility index (Phi) is 5.81. The molecule has 11 heavy (non-hydrogen) atoms. The number of nitrogens with zero attached hydrogens (tertiary/aromatic N) is 1. The molecule has 1 unspecified atom stereocenters. The molecule has 0 aromatic rings. The first-order valence-corrected chi connectivity index (χ1v) is 3.98. The van der Waals surface area contributed by atoms with Crippen molar-refractivity contribution in [3.8, 4) is 6.07 Å². The highest BCUT2D eigenvalue weighted by Gasteiger charge is 1.99. The quantitative estimate of drug-likeness (QED) is 0.454. The van der Waals surface area contributed by atoms with Gasteiger partial charge in [-0.25, -0.2) is 0 Å². The molecule has 0 heterocycles. The number of nitriles is 1. The third-order valence-corrected chi connectivity index (χ3v) is 1.36. The molecule has 0 saturated heterocycles. The molecular weight excluding hydrogens is 140 g/mol. The Labute approximate surface area is 68.0 Å². The van der Waals surface area contributed by atoms with E-state index in [-0.39, 0.29) is 0 Å². The highest BCUT2D eigenvalue weighted by atomic mass is 16.3. The van der Waals surface area contributed by atoms with Crippen LogP contribution in [0.1, 0.15) is 26.7 Å². The summed E-state index contributed by atoms with van der Waals surface area (Å²) in [4.78, 5) is 0. The normalized spacial score (nSPS) is 13.0. The van der Waals surface area contributed by atoms with Crippen molar-refractivity contribution in [3.05, 3.63) is 0 Å². The predicted molar refractivity (Wildman–Crippen MR) is 44.0 cm³/mol. The smallest absolute Gasteiger partial charge is 0.140 e. The van der Waals surface area contributed by atoms with Gasteiger partial charge in [0.25, 0.3) is 0 Å². The molecule has 0 rings (SSSR count). The minimum atomic E-state index is -0.788. The van der Waals surface area contributed by atoms with Crippen molar-refractivity contribution in [2.24, 2.45) is 0 Å². The fourth-order valence-corrected chi connectivity index (χ4v) is 0.751. The van der Waals surface area contributed by atoms with Gasteiger partial charge in [-0.3, -0.25) is 0 Å². The summed E-state index contributed by atoms with van der Waals surface area (Å²) in [6, 6.07) is 2.26. The summed E-state index contributed by atoms with van der Waals surface area (Å²) < 4.78 is 0. The van der Waals surface area contributed by atoms with Crippen LogP contribution in [0.25, 0.3) is 0 Å². The summed E-state index contributed by atoms with van der Waals surface area (Å²) >= 11 is 0. The third kappa shape index (κ3) is 7.31. The van der Waals surface area contributed by atoms with Gasteiger partial charge in [0.1, 0.15) is 6.10 Å². The van der Waals surface area contributed by atoms with Crippen molar-refractivity contribution in [2.75, 3.05) is 6.54 Å². The van der Waals surface area contributed by atoms with Crippen molar-refractivity contribution in [3.63, 3.8) is 0 Å². The molecule has 0 radical (unpaired) electrons. The van der Waals surface area contributed by atoms with Gasteiger partial charge < -0.3 is 10.4 Å². The van der Waals surface area contributed by atoms with Crippen molar-refractivity contribution in [2.45, 2.75) is 38.8 Å². The Bertz CT molecular complexity index is 129. The van der Waals surface area contributed by atoms with E-state index in [0.29, 0.717) is 12.5 Å². The van der Waals surface area contributed by atoms with E-state index >= 15 is 0 Å². The molecule has 1 atom stereocenters. The van der Waals surface area contributed by atoms with Gasteiger partial charge in [0.15, 0.2) is 0 Å². The Balaban J connectivity index is 3.10. The molecule has 0 spiro atoms. The summed E-state index contributed by atoms with van der Waals surface area (Å²) in [5.41, 5.74) is 0. The van der Waals surface area contributed by atoms with Crippen LogP contribution >= 0.6 is 0 Å². The Morgan fingerprint density at radius 2 is 2.18 bits per heavy atom. The van der Waals surface area contributed by atoms with E-state index in [4.69, 9.17) is 10.4 Å². The highest BCUT2D eigenvalue weighted by molar-refractivity contribution is 4.81. The molecule has 0 aliphatic heterocycles. The Hall–Kier alpha value is -0.590. The summed E-state index contributed by atoms with van der Waals surface area (Å²) in [7, 11) is 0. The summed E-state index contributed by atoms with van der Waals surface area (Å²) in [5, 5.41) is 20.3. The van der Waals surface area contributed by atoms with E-state index in [2.05, 4.69) is 19.2 Å². The fourth-order valence-electron chi connectivity index (χ4n) is 0.751. The van der Waals surface area contributed by atoms with Gasteiger partial charge in [-0.15, -0.1) is 0 Å². The van der Waals surface area contributed by atoms with Crippen LogP contribution in [-0.2, 0) is 0 Å². The minimum Gasteiger partial charge on any atom is -0.378 e. The van der Waals surface area contributed by atoms with Crippen LogP contribution in [0.5, 0.6) is 0 Å². The van der Waals surface area contributed by atoms with Crippen LogP contribution in [0.3, 0.4) is 0 Å². The molecule has 0 fully saturated rings. The van der Waals surface area contributed by atoms with Gasteiger partial charge in [-0.05, 0) is 19.4 Å². The number of nitrogens with one attached hydrogen (secondary N) is 1. The second-order valence-electron chi connectivity index (χ2n) is 2.90. The number of rotatable bonds is 5. The molecule has 0 amide bonds. The van der Waals surface area contributed by atoms with Crippen LogP contribution in [0.15, 0.2) is 0 Å². The Morgan fingerprint density at radius 1 is 1.55 bits per heavy atom. The zero-order valence-electron chi connectivity index (χ0n) is 7.17. The molecule has 0 aromatic carbocycles. The van der Waals surface area contributed by atoms with Gasteiger partial charge in [0.05, 0.1) is 6.07 Å². The highest BCUT2D eigenvalue weighted by Crippen LogP contribution is 1.93. The van der Waals surface area contributed by atoms with E-state index in [1.807, 2.05) is 0 Å². The average molecular weight is 156 g/mol. The van der Waals surface area contributed by atoms with Gasteiger partial charge in [0, 0.05) is 6.04 Å². The molecule has 0 aliphatic carbocycles. The van der Waals surface area contributed by atoms with Gasteiger partial charge >= 0.3 is 0 Å².